The highest BCUT2D eigenvalue weighted by molar-refractivity contribution is 5.56. The van der Waals surface area contributed by atoms with Gasteiger partial charge in [-0.15, -0.1) is 5.10 Å². The molecule has 2 heterocycles. The Labute approximate surface area is 105 Å². The highest BCUT2D eigenvalue weighted by Crippen LogP contribution is 2.19. The first kappa shape index (κ1) is 12.5. The van der Waals surface area contributed by atoms with E-state index in [0.717, 1.165) is 25.0 Å². The van der Waals surface area contributed by atoms with Crippen molar-refractivity contribution in [1.29, 1.82) is 0 Å². The third-order valence-electron chi connectivity index (χ3n) is 2.81. The van der Waals surface area contributed by atoms with Crippen LogP contribution in [0.3, 0.4) is 0 Å². The molecular weight excluding hydrogens is 230 g/mol. The fraction of sp³-hybridized carbons (Fsp3) is 0.500. The van der Waals surface area contributed by atoms with E-state index >= 15 is 0 Å². The quantitative estimate of drug-likeness (QED) is 0.881. The van der Waals surface area contributed by atoms with Gasteiger partial charge in [-0.25, -0.2) is 4.98 Å². The van der Waals surface area contributed by atoms with E-state index in [1.54, 1.807) is 11.6 Å². The van der Waals surface area contributed by atoms with E-state index in [9.17, 15) is 4.79 Å². The summed E-state index contributed by atoms with van der Waals surface area (Å²) in [7, 11) is 1.86. The molecule has 0 amide bonds. The second-order valence-electron chi connectivity index (χ2n) is 4.33. The first-order chi connectivity index (χ1) is 8.61. The zero-order valence-corrected chi connectivity index (χ0v) is 10.9. The lowest BCUT2D eigenvalue weighted by atomic mass is 10.1. The van der Waals surface area contributed by atoms with Gasteiger partial charge in [0.15, 0.2) is 0 Å². The molecule has 6 nitrogen and oxygen atoms in total. The van der Waals surface area contributed by atoms with Crippen molar-refractivity contribution in [3.63, 3.8) is 0 Å². The van der Waals surface area contributed by atoms with Gasteiger partial charge in [0.05, 0.1) is 5.69 Å². The van der Waals surface area contributed by atoms with Crippen molar-refractivity contribution in [1.82, 2.24) is 25.0 Å². The first-order valence-electron chi connectivity index (χ1n) is 6.08. The molecule has 96 valence electrons. The Hall–Kier alpha value is -1.98. The van der Waals surface area contributed by atoms with Crippen LogP contribution >= 0.6 is 0 Å². The summed E-state index contributed by atoms with van der Waals surface area (Å²) in [5, 5.41) is 8.14. The minimum atomic E-state index is -0.162. The van der Waals surface area contributed by atoms with E-state index in [1.165, 1.54) is 6.07 Å². The molecule has 2 aromatic rings. The summed E-state index contributed by atoms with van der Waals surface area (Å²) in [4.78, 5) is 18.4. The van der Waals surface area contributed by atoms with Crippen LogP contribution in [0.4, 0.5) is 0 Å². The molecular formula is C12H17N5O. The van der Waals surface area contributed by atoms with Gasteiger partial charge in [0.1, 0.15) is 17.2 Å². The Balaban J connectivity index is 2.46. The number of hydrogen-bond donors (Lipinski definition) is 1. The van der Waals surface area contributed by atoms with Crippen LogP contribution in [-0.4, -0.2) is 25.0 Å². The molecule has 0 aliphatic heterocycles. The van der Waals surface area contributed by atoms with Gasteiger partial charge >= 0.3 is 0 Å². The number of H-pyrrole nitrogens is 1. The van der Waals surface area contributed by atoms with Crippen LogP contribution in [0.5, 0.6) is 0 Å². The zero-order valence-electron chi connectivity index (χ0n) is 10.9. The van der Waals surface area contributed by atoms with Gasteiger partial charge in [-0.3, -0.25) is 9.48 Å². The predicted octanol–water partition coefficient (Wildman–Crippen LogP) is 1.22. The largest absolute Gasteiger partial charge is 0.311 e. The highest BCUT2D eigenvalue weighted by Gasteiger charge is 2.14. The van der Waals surface area contributed by atoms with Crippen molar-refractivity contribution in [3.8, 4) is 11.4 Å². The number of aryl methyl sites for hydroxylation is 2. The van der Waals surface area contributed by atoms with E-state index in [4.69, 9.17) is 0 Å². The standard InChI is InChI=1S/C12H17N5O/c1-4-5-6-10-12(15-16-17(10)3)9-7-11(18)14-8(2)13-9/h7H,4-6H2,1-3H3,(H,13,14,18). The molecule has 0 aromatic carbocycles. The van der Waals surface area contributed by atoms with Gasteiger partial charge in [0, 0.05) is 13.1 Å². The molecule has 0 atom stereocenters. The molecule has 0 bridgehead atoms. The van der Waals surface area contributed by atoms with Crippen molar-refractivity contribution < 1.29 is 0 Å². The summed E-state index contributed by atoms with van der Waals surface area (Å²) in [5.41, 5.74) is 2.16. The van der Waals surface area contributed by atoms with Gasteiger partial charge in [0.25, 0.3) is 5.56 Å². The smallest absolute Gasteiger partial charge is 0.251 e. The lowest BCUT2D eigenvalue weighted by Gasteiger charge is -2.03. The molecule has 0 saturated heterocycles. The van der Waals surface area contributed by atoms with Gasteiger partial charge in [-0.05, 0) is 19.8 Å². The second-order valence-corrected chi connectivity index (χ2v) is 4.33. The fourth-order valence-electron chi connectivity index (χ4n) is 1.90. The van der Waals surface area contributed by atoms with Crippen LogP contribution in [-0.2, 0) is 13.5 Å². The third-order valence-corrected chi connectivity index (χ3v) is 2.81. The molecule has 0 saturated carbocycles. The summed E-state index contributed by atoms with van der Waals surface area (Å²) < 4.78 is 1.75. The minimum absolute atomic E-state index is 0.162. The Kier molecular flexibility index (Phi) is 3.55. The summed E-state index contributed by atoms with van der Waals surface area (Å²) in [6.07, 6.45) is 3.06. The van der Waals surface area contributed by atoms with E-state index in [1.807, 2.05) is 7.05 Å². The van der Waals surface area contributed by atoms with Crippen molar-refractivity contribution >= 4 is 0 Å². The Morgan fingerprint density at radius 1 is 1.44 bits per heavy atom. The molecule has 1 N–H and O–H groups in total. The van der Waals surface area contributed by atoms with E-state index in [-0.39, 0.29) is 5.56 Å². The molecule has 2 aromatic heterocycles. The van der Waals surface area contributed by atoms with Crippen LogP contribution in [0.2, 0.25) is 0 Å². The summed E-state index contributed by atoms with van der Waals surface area (Å²) in [6.45, 7) is 3.89. The SMILES string of the molecule is CCCCc1c(-c2cc(=O)[nH]c(C)n2)nnn1C. The van der Waals surface area contributed by atoms with E-state index in [2.05, 4.69) is 27.2 Å². The molecule has 0 radical (unpaired) electrons. The minimum Gasteiger partial charge on any atom is -0.311 e. The van der Waals surface area contributed by atoms with Crippen molar-refractivity contribution in [2.75, 3.05) is 0 Å². The number of aromatic nitrogens is 5. The average Bonchev–Trinajstić information content (AvgIpc) is 2.67. The van der Waals surface area contributed by atoms with E-state index in [0.29, 0.717) is 17.2 Å². The zero-order chi connectivity index (χ0) is 13.1. The fourth-order valence-corrected chi connectivity index (χ4v) is 1.90. The number of nitrogens with one attached hydrogen (secondary N) is 1. The number of aromatic amines is 1. The molecule has 0 fully saturated rings. The average molecular weight is 247 g/mol. The molecule has 6 heteroatoms. The Morgan fingerprint density at radius 2 is 2.22 bits per heavy atom. The maximum absolute atomic E-state index is 11.5. The maximum Gasteiger partial charge on any atom is 0.251 e. The van der Waals surface area contributed by atoms with Crippen molar-refractivity contribution in [2.45, 2.75) is 33.1 Å². The topological polar surface area (TPSA) is 76.5 Å². The molecule has 18 heavy (non-hydrogen) atoms. The van der Waals surface area contributed by atoms with Crippen LogP contribution < -0.4 is 5.56 Å². The van der Waals surface area contributed by atoms with Gasteiger partial charge in [-0.1, -0.05) is 18.6 Å². The van der Waals surface area contributed by atoms with Crippen LogP contribution in [0.25, 0.3) is 11.4 Å². The monoisotopic (exact) mass is 247 g/mol. The molecule has 0 spiro atoms. The Bertz CT molecular complexity index is 599. The van der Waals surface area contributed by atoms with E-state index < -0.39 is 0 Å². The summed E-state index contributed by atoms with van der Waals surface area (Å²) >= 11 is 0. The Morgan fingerprint density at radius 3 is 2.89 bits per heavy atom. The van der Waals surface area contributed by atoms with Crippen LogP contribution in [0, 0.1) is 6.92 Å². The number of unbranched alkanes of at least 4 members (excludes halogenated alkanes) is 1. The first-order valence-corrected chi connectivity index (χ1v) is 6.08. The number of nitrogens with zero attached hydrogens (tertiary/aromatic N) is 4. The van der Waals surface area contributed by atoms with Crippen LogP contribution in [0.1, 0.15) is 31.3 Å². The van der Waals surface area contributed by atoms with Gasteiger partial charge < -0.3 is 4.98 Å². The number of hydrogen-bond acceptors (Lipinski definition) is 4. The van der Waals surface area contributed by atoms with Crippen molar-refractivity contribution in [2.24, 2.45) is 7.05 Å². The lowest BCUT2D eigenvalue weighted by molar-refractivity contribution is 0.655. The molecule has 0 aliphatic rings. The van der Waals surface area contributed by atoms with Gasteiger partial charge in [0.2, 0.25) is 0 Å². The summed E-state index contributed by atoms with van der Waals surface area (Å²) in [5.74, 6) is 0.588. The normalized spacial score (nSPS) is 10.8. The third kappa shape index (κ3) is 2.47. The van der Waals surface area contributed by atoms with Gasteiger partial charge in [-0.2, -0.15) is 0 Å². The second kappa shape index (κ2) is 5.12. The highest BCUT2D eigenvalue weighted by atomic mass is 16.1. The molecule has 2 rings (SSSR count). The predicted molar refractivity (Wildman–Crippen MR) is 68.2 cm³/mol. The van der Waals surface area contributed by atoms with Crippen LogP contribution in [0.15, 0.2) is 10.9 Å². The summed E-state index contributed by atoms with van der Waals surface area (Å²) in [6, 6.07) is 1.46. The van der Waals surface area contributed by atoms with Crippen molar-refractivity contribution in [3.05, 3.63) is 27.9 Å². The maximum atomic E-state index is 11.5. The number of rotatable bonds is 4. The molecule has 0 unspecified atom stereocenters. The lowest BCUT2D eigenvalue weighted by Crippen LogP contribution is -2.09. The molecule has 0 aliphatic carbocycles.